The van der Waals surface area contributed by atoms with Gasteiger partial charge in [0.25, 0.3) is 11.5 Å². The fraction of sp³-hybridized carbons (Fsp3) is 0.345. The normalized spacial score (nSPS) is 14.9. The zero-order chi connectivity index (χ0) is 28.4. The van der Waals surface area contributed by atoms with Crippen LogP contribution in [0.25, 0.3) is 16.9 Å². The Bertz CT molecular complexity index is 1580. The van der Waals surface area contributed by atoms with E-state index in [4.69, 9.17) is 21.1 Å². The number of rotatable bonds is 8. The molecule has 0 radical (unpaired) electrons. The summed E-state index contributed by atoms with van der Waals surface area (Å²) >= 11 is 6.16. The van der Waals surface area contributed by atoms with E-state index in [-0.39, 0.29) is 23.2 Å². The van der Waals surface area contributed by atoms with Crippen molar-refractivity contribution in [2.45, 2.75) is 25.8 Å². The average molecular weight is 568 g/mol. The van der Waals surface area contributed by atoms with Crippen LogP contribution in [0.1, 0.15) is 47.3 Å². The number of fused-ring (bicyclic) bond motifs is 1. The lowest BCUT2D eigenvalue weighted by atomic mass is 9.99. The van der Waals surface area contributed by atoms with E-state index in [1.165, 1.54) is 23.8 Å². The number of aromatic amines is 1. The van der Waals surface area contributed by atoms with E-state index in [1.54, 1.807) is 36.5 Å². The van der Waals surface area contributed by atoms with Crippen molar-refractivity contribution in [3.05, 3.63) is 86.5 Å². The molecular formula is C29H31ClFN5O4. The maximum absolute atomic E-state index is 13.8. The maximum atomic E-state index is 13.8. The number of benzene rings is 2. The van der Waals surface area contributed by atoms with Gasteiger partial charge in [-0.2, -0.15) is 0 Å². The van der Waals surface area contributed by atoms with Crippen molar-refractivity contribution in [1.29, 1.82) is 0 Å². The minimum absolute atomic E-state index is 0.140. The third-order valence-corrected chi connectivity index (χ3v) is 7.36. The third kappa shape index (κ3) is 5.74. The van der Waals surface area contributed by atoms with Crippen molar-refractivity contribution in [1.82, 2.24) is 24.8 Å². The lowest BCUT2D eigenvalue weighted by Crippen LogP contribution is -2.43. The number of hydrogen-bond donors (Lipinski definition) is 2. The van der Waals surface area contributed by atoms with Gasteiger partial charge in [-0.05, 0) is 41.8 Å². The van der Waals surface area contributed by atoms with E-state index in [0.29, 0.717) is 58.6 Å². The molecule has 0 saturated carbocycles. The van der Waals surface area contributed by atoms with Gasteiger partial charge in [-0.15, -0.1) is 5.10 Å². The van der Waals surface area contributed by atoms with Crippen molar-refractivity contribution in [2.24, 2.45) is 0 Å². The summed E-state index contributed by atoms with van der Waals surface area (Å²) in [5.74, 6) is -0.0735. The standard InChI is InChI=1S/C29H31ClFN5O4/c1-17(2)25-21(15-36-26(25)29(38)33-27(34-36)19-6-9-22(30)24(14-19)39-3)28(37)32-23(16-35-10-12-40-13-11-35)18-4-7-20(31)8-5-18/h4-9,14-15,17,23H,10-13,16H2,1-3H3,(H,32,37)(H,33,34,38). The fourth-order valence-corrected chi connectivity index (χ4v) is 5.22. The fourth-order valence-electron chi connectivity index (χ4n) is 5.02. The van der Waals surface area contributed by atoms with Crippen LogP contribution >= 0.6 is 11.6 Å². The van der Waals surface area contributed by atoms with Gasteiger partial charge in [-0.1, -0.05) is 37.6 Å². The van der Waals surface area contributed by atoms with Gasteiger partial charge >= 0.3 is 0 Å². The van der Waals surface area contributed by atoms with Gasteiger partial charge < -0.3 is 19.8 Å². The highest BCUT2D eigenvalue weighted by Gasteiger charge is 2.26. The van der Waals surface area contributed by atoms with Crippen molar-refractivity contribution >= 4 is 23.0 Å². The first-order valence-corrected chi connectivity index (χ1v) is 13.5. The van der Waals surface area contributed by atoms with Crippen LogP contribution in [0, 0.1) is 5.82 Å². The monoisotopic (exact) mass is 567 g/mol. The van der Waals surface area contributed by atoms with E-state index >= 15 is 0 Å². The molecule has 1 amide bonds. The van der Waals surface area contributed by atoms with Crippen LogP contribution in [0.3, 0.4) is 0 Å². The number of morpholine rings is 1. The van der Waals surface area contributed by atoms with Gasteiger partial charge in [0.1, 0.15) is 17.1 Å². The number of halogens is 2. The topological polar surface area (TPSA) is 101 Å². The summed E-state index contributed by atoms with van der Waals surface area (Å²) in [7, 11) is 1.51. The van der Waals surface area contributed by atoms with E-state index in [0.717, 1.165) is 18.7 Å². The van der Waals surface area contributed by atoms with E-state index in [2.05, 4.69) is 20.3 Å². The minimum Gasteiger partial charge on any atom is -0.495 e. The predicted octanol–water partition coefficient (Wildman–Crippen LogP) is 4.42. The molecule has 0 aliphatic carbocycles. The van der Waals surface area contributed by atoms with Gasteiger partial charge in [0.15, 0.2) is 5.82 Å². The molecule has 1 atom stereocenters. The maximum Gasteiger partial charge on any atom is 0.275 e. The predicted molar refractivity (Wildman–Crippen MR) is 151 cm³/mol. The number of ether oxygens (including phenoxy) is 2. The summed E-state index contributed by atoms with van der Waals surface area (Å²) in [6, 6.07) is 10.8. The first-order valence-electron chi connectivity index (χ1n) is 13.1. The van der Waals surface area contributed by atoms with Gasteiger partial charge in [0, 0.05) is 37.0 Å². The smallest absolute Gasteiger partial charge is 0.275 e. The van der Waals surface area contributed by atoms with E-state index < -0.39 is 6.04 Å². The molecule has 4 aromatic rings. The van der Waals surface area contributed by atoms with Crippen LogP contribution < -0.4 is 15.6 Å². The van der Waals surface area contributed by atoms with Crippen molar-refractivity contribution in [2.75, 3.05) is 40.0 Å². The Kier molecular flexibility index (Phi) is 8.20. The highest BCUT2D eigenvalue weighted by molar-refractivity contribution is 6.32. The summed E-state index contributed by atoms with van der Waals surface area (Å²) in [4.78, 5) is 32.2. The molecule has 1 unspecified atom stereocenters. The van der Waals surface area contributed by atoms with Gasteiger partial charge in [-0.25, -0.2) is 8.91 Å². The molecule has 1 aliphatic rings. The largest absolute Gasteiger partial charge is 0.495 e. The molecule has 1 fully saturated rings. The molecule has 2 N–H and O–H groups in total. The SMILES string of the molecule is COc1cc(-c2nn3cc(C(=O)NC(CN4CCOCC4)c4ccc(F)cc4)c(C(C)C)c3c(=O)[nH]2)ccc1Cl. The summed E-state index contributed by atoms with van der Waals surface area (Å²) < 4.78 is 25.9. The number of nitrogens with zero attached hydrogens (tertiary/aromatic N) is 3. The Balaban J connectivity index is 1.52. The van der Waals surface area contributed by atoms with Crippen LogP contribution in [0.4, 0.5) is 4.39 Å². The molecular weight excluding hydrogens is 537 g/mol. The number of aromatic nitrogens is 3. The molecule has 2 aromatic carbocycles. The minimum atomic E-state index is -0.405. The molecule has 210 valence electrons. The summed E-state index contributed by atoms with van der Waals surface area (Å²) in [5, 5.41) is 8.18. The molecule has 0 spiro atoms. The number of amides is 1. The molecule has 1 aliphatic heterocycles. The quantitative estimate of drug-likeness (QED) is 0.327. The average Bonchev–Trinajstić information content (AvgIpc) is 3.35. The van der Waals surface area contributed by atoms with Gasteiger partial charge in [0.2, 0.25) is 0 Å². The molecule has 0 bridgehead atoms. The lowest BCUT2D eigenvalue weighted by molar-refractivity contribution is 0.0332. The third-order valence-electron chi connectivity index (χ3n) is 7.05. The van der Waals surface area contributed by atoms with Crippen molar-refractivity contribution in [3.8, 4) is 17.1 Å². The first kappa shape index (κ1) is 27.8. The lowest BCUT2D eigenvalue weighted by Gasteiger charge is -2.31. The van der Waals surface area contributed by atoms with Crippen molar-refractivity contribution < 1.29 is 18.7 Å². The number of carbonyl (C=O) groups excluding carboxylic acids is 1. The Labute approximate surface area is 235 Å². The molecule has 5 rings (SSSR count). The second-order valence-electron chi connectivity index (χ2n) is 10.0. The Morgan fingerprint density at radius 2 is 1.93 bits per heavy atom. The number of hydrogen-bond acceptors (Lipinski definition) is 6. The van der Waals surface area contributed by atoms with Crippen LogP contribution in [-0.4, -0.2) is 65.4 Å². The number of H-pyrrole nitrogens is 1. The Morgan fingerprint density at radius 3 is 2.60 bits per heavy atom. The van der Waals surface area contributed by atoms with Crippen LogP contribution in [0.5, 0.6) is 5.75 Å². The molecule has 1 saturated heterocycles. The highest BCUT2D eigenvalue weighted by atomic mass is 35.5. The zero-order valence-corrected chi connectivity index (χ0v) is 23.3. The molecule has 11 heteroatoms. The highest BCUT2D eigenvalue weighted by Crippen LogP contribution is 2.30. The van der Waals surface area contributed by atoms with Crippen LogP contribution in [0.15, 0.2) is 53.5 Å². The molecule has 2 aromatic heterocycles. The molecule has 9 nitrogen and oxygen atoms in total. The van der Waals surface area contributed by atoms with Gasteiger partial charge in [0.05, 0.1) is 37.0 Å². The summed E-state index contributed by atoms with van der Waals surface area (Å²) in [6.45, 7) is 7.08. The second kappa shape index (κ2) is 11.8. The number of nitrogens with one attached hydrogen (secondary N) is 2. The van der Waals surface area contributed by atoms with Crippen LogP contribution in [0.2, 0.25) is 5.02 Å². The summed E-state index contributed by atoms with van der Waals surface area (Å²) in [6.07, 6.45) is 1.59. The zero-order valence-electron chi connectivity index (χ0n) is 22.5. The Hall–Kier alpha value is -3.73. The van der Waals surface area contributed by atoms with Gasteiger partial charge in [-0.3, -0.25) is 14.5 Å². The number of methoxy groups -OCH3 is 1. The molecule has 3 heterocycles. The summed E-state index contributed by atoms with van der Waals surface area (Å²) in [5.41, 5.74) is 2.27. The number of carbonyl (C=O) groups is 1. The molecule has 40 heavy (non-hydrogen) atoms. The van der Waals surface area contributed by atoms with E-state index in [1.807, 2.05) is 13.8 Å². The van der Waals surface area contributed by atoms with E-state index in [9.17, 15) is 14.0 Å². The second-order valence-corrected chi connectivity index (χ2v) is 10.5. The Morgan fingerprint density at radius 1 is 1.20 bits per heavy atom. The van der Waals surface area contributed by atoms with Crippen molar-refractivity contribution in [3.63, 3.8) is 0 Å². The van der Waals surface area contributed by atoms with Crippen LogP contribution in [-0.2, 0) is 4.74 Å². The first-order chi connectivity index (χ1) is 19.2.